The molecule has 2 aromatic heterocycles. The van der Waals surface area contributed by atoms with Crippen LogP contribution in [0.1, 0.15) is 6.23 Å². The van der Waals surface area contributed by atoms with Gasteiger partial charge in [-0.25, -0.2) is 15.0 Å². The number of aliphatic hydroxyl groups is 3. The molecule has 96 valence electrons. The van der Waals surface area contributed by atoms with Gasteiger partial charge in [-0.1, -0.05) is 0 Å². The van der Waals surface area contributed by atoms with Gasteiger partial charge < -0.3 is 20.1 Å². The molecule has 4 atom stereocenters. The Hall–Kier alpha value is -1.61. The summed E-state index contributed by atoms with van der Waals surface area (Å²) in [5.41, 5.74) is 1.06. The fraction of sp³-hybridized carbons (Fsp3) is 0.500. The average Bonchev–Trinajstić information content (AvgIpc) is 2.93. The molecule has 2 aromatic rings. The van der Waals surface area contributed by atoms with Gasteiger partial charge in [-0.05, 0) is 0 Å². The zero-order valence-electron chi connectivity index (χ0n) is 9.29. The summed E-state index contributed by atoms with van der Waals surface area (Å²) in [5, 5.41) is 28.6. The van der Waals surface area contributed by atoms with E-state index in [9.17, 15) is 10.2 Å². The van der Waals surface area contributed by atoms with Crippen molar-refractivity contribution in [3.8, 4) is 0 Å². The van der Waals surface area contributed by atoms with Gasteiger partial charge in [0, 0.05) is 0 Å². The molecular formula is C10H12N4O4. The molecule has 0 saturated carbocycles. The highest BCUT2D eigenvalue weighted by Crippen LogP contribution is 2.30. The van der Waals surface area contributed by atoms with Crippen molar-refractivity contribution in [2.24, 2.45) is 0 Å². The second-order valence-electron chi connectivity index (χ2n) is 4.11. The Bertz CT molecular complexity index is 560. The van der Waals surface area contributed by atoms with Crippen LogP contribution < -0.4 is 0 Å². The third-order valence-electron chi connectivity index (χ3n) is 3.03. The zero-order valence-corrected chi connectivity index (χ0v) is 9.29. The van der Waals surface area contributed by atoms with Crippen molar-refractivity contribution >= 4 is 11.2 Å². The molecule has 0 aromatic carbocycles. The second-order valence-corrected chi connectivity index (χ2v) is 4.11. The Morgan fingerprint density at radius 1 is 1.28 bits per heavy atom. The Balaban J connectivity index is 2.00. The van der Waals surface area contributed by atoms with Gasteiger partial charge in [0.05, 0.1) is 19.1 Å². The largest absolute Gasteiger partial charge is 0.394 e. The standard InChI is InChI=1S/C10H12N4O4/c15-2-6-7(16)8(17)10(18-6)14-4-13-5-1-11-3-12-9(5)14/h1,3-4,6-8,10,15-17H,2H2/t6-,7-,8+,10?/m0/s1. The summed E-state index contributed by atoms with van der Waals surface area (Å²) < 4.78 is 6.91. The lowest BCUT2D eigenvalue weighted by atomic mass is 10.1. The lowest BCUT2D eigenvalue weighted by molar-refractivity contribution is -0.0511. The van der Waals surface area contributed by atoms with Crippen molar-refractivity contribution in [3.63, 3.8) is 0 Å². The first-order chi connectivity index (χ1) is 8.72. The summed E-state index contributed by atoms with van der Waals surface area (Å²) >= 11 is 0. The maximum absolute atomic E-state index is 9.91. The molecule has 1 aliphatic heterocycles. The molecule has 8 nitrogen and oxygen atoms in total. The van der Waals surface area contributed by atoms with Gasteiger partial charge >= 0.3 is 0 Å². The quantitative estimate of drug-likeness (QED) is 0.592. The van der Waals surface area contributed by atoms with E-state index in [0.717, 1.165) is 0 Å². The zero-order chi connectivity index (χ0) is 12.7. The topological polar surface area (TPSA) is 114 Å². The van der Waals surface area contributed by atoms with Crippen molar-refractivity contribution in [2.45, 2.75) is 24.5 Å². The molecule has 18 heavy (non-hydrogen) atoms. The number of nitrogens with zero attached hydrogens (tertiary/aromatic N) is 4. The molecule has 0 bridgehead atoms. The summed E-state index contributed by atoms with van der Waals surface area (Å²) in [6, 6.07) is 0. The van der Waals surface area contributed by atoms with Gasteiger partial charge in [0.1, 0.15) is 30.2 Å². The number of aromatic nitrogens is 4. The first kappa shape index (κ1) is 11.5. The normalized spacial score (nSPS) is 32.2. The van der Waals surface area contributed by atoms with Crippen molar-refractivity contribution in [1.29, 1.82) is 0 Å². The maximum Gasteiger partial charge on any atom is 0.165 e. The van der Waals surface area contributed by atoms with E-state index in [-0.39, 0.29) is 6.61 Å². The summed E-state index contributed by atoms with van der Waals surface area (Å²) in [6.45, 7) is -0.365. The van der Waals surface area contributed by atoms with Crippen LogP contribution >= 0.6 is 0 Å². The van der Waals surface area contributed by atoms with E-state index in [4.69, 9.17) is 9.84 Å². The first-order valence-corrected chi connectivity index (χ1v) is 5.47. The molecule has 8 heteroatoms. The third-order valence-corrected chi connectivity index (χ3v) is 3.03. The predicted molar refractivity (Wildman–Crippen MR) is 58.3 cm³/mol. The number of hydrogen-bond donors (Lipinski definition) is 3. The highest BCUT2D eigenvalue weighted by atomic mass is 16.6. The average molecular weight is 252 g/mol. The Kier molecular flexibility index (Phi) is 2.71. The van der Waals surface area contributed by atoms with E-state index in [2.05, 4.69) is 15.0 Å². The van der Waals surface area contributed by atoms with Crippen molar-refractivity contribution < 1.29 is 20.1 Å². The molecule has 3 heterocycles. The fourth-order valence-electron chi connectivity index (χ4n) is 2.08. The number of ether oxygens (including phenoxy) is 1. The highest BCUT2D eigenvalue weighted by Gasteiger charge is 2.43. The molecule has 1 aliphatic rings. The van der Waals surface area contributed by atoms with Crippen LogP contribution in [0.2, 0.25) is 0 Å². The first-order valence-electron chi connectivity index (χ1n) is 5.47. The maximum atomic E-state index is 9.91. The smallest absolute Gasteiger partial charge is 0.165 e. The van der Waals surface area contributed by atoms with E-state index < -0.39 is 24.5 Å². The van der Waals surface area contributed by atoms with Gasteiger partial charge in [-0.2, -0.15) is 0 Å². The third kappa shape index (κ3) is 1.58. The monoisotopic (exact) mass is 252 g/mol. The van der Waals surface area contributed by atoms with Crippen molar-refractivity contribution in [2.75, 3.05) is 6.61 Å². The van der Waals surface area contributed by atoms with Crippen LogP contribution in [0.25, 0.3) is 11.2 Å². The van der Waals surface area contributed by atoms with Crippen LogP contribution in [-0.4, -0.2) is 59.8 Å². The highest BCUT2D eigenvalue weighted by molar-refractivity contribution is 5.68. The minimum atomic E-state index is -1.14. The van der Waals surface area contributed by atoms with Gasteiger partial charge in [0.2, 0.25) is 0 Å². The molecule has 1 unspecified atom stereocenters. The van der Waals surface area contributed by atoms with Crippen molar-refractivity contribution in [3.05, 3.63) is 18.9 Å². The van der Waals surface area contributed by atoms with Crippen LogP contribution in [0.3, 0.4) is 0 Å². The van der Waals surface area contributed by atoms with E-state index >= 15 is 0 Å². The van der Waals surface area contributed by atoms with Crippen LogP contribution in [0.15, 0.2) is 18.9 Å². The molecule has 3 N–H and O–H groups in total. The molecule has 0 amide bonds. The van der Waals surface area contributed by atoms with Crippen molar-refractivity contribution in [1.82, 2.24) is 19.5 Å². The molecule has 0 radical (unpaired) electrons. The molecule has 1 fully saturated rings. The summed E-state index contributed by atoms with van der Waals surface area (Å²) in [5.74, 6) is 0. The minimum absolute atomic E-state index is 0.365. The summed E-state index contributed by atoms with van der Waals surface area (Å²) in [4.78, 5) is 12.0. The molecule has 0 aliphatic carbocycles. The van der Waals surface area contributed by atoms with E-state index in [1.165, 1.54) is 17.2 Å². The van der Waals surface area contributed by atoms with Gasteiger partial charge in [-0.15, -0.1) is 0 Å². The van der Waals surface area contributed by atoms with E-state index in [1.807, 2.05) is 0 Å². The number of rotatable bonds is 2. The fourth-order valence-corrected chi connectivity index (χ4v) is 2.08. The van der Waals surface area contributed by atoms with Crippen LogP contribution in [0.5, 0.6) is 0 Å². The number of imidazole rings is 1. The molecule has 1 saturated heterocycles. The lowest BCUT2D eigenvalue weighted by Gasteiger charge is -2.16. The SMILES string of the molecule is OC[C@@H]1OC(n2cnc3cncnc32)[C@H](O)[C@H]1O. The lowest BCUT2D eigenvalue weighted by Crippen LogP contribution is -2.33. The van der Waals surface area contributed by atoms with Crippen LogP contribution in [0, 0.1) is 0 Å². The Labute approximate surface area is 102 Å². The number of hydrogen-bond acceptors (Lipinski definition) is 7. The summed E-state index contributed by atoms with van der Waals surface area (Å²) in [7, 11) is 0. The summed E-state index contributed by atoms with van der Waals surface area (Å²) in [6.07, 6.45) is 0.442. The minimum Gasteiger partial charge on any atom is -0.394 e. The molecule has 0 spiro atoms. The Morgan fingerprint density at radius 2 is 2.11 bits per heavy atom. The number of fused-ring (bicyclic) bond motifs is 1. The number of aliphatic hydroxyl groups excluding tert-OH is 3. The Morgan fingerprint density at radius 3 is 2.83 bits per heavy atom. The second kappa shape index (κ2) is 4.25. The van der Waals surface area contributed by atoms with Crippen LogP contribution in [0.4, 0.5) is 0 Å². The molecule has 3 rings (SSSR count). The van der Waals surface area contributed by atoms with Crippen LogP contribution in [-0.2, 0) is 4.74 Å². The van der Waals surface area contributed by atoms with E-state index in [1.54, 1.807) is 6.20 Å². The van der Waals surface area contributed by atoms with E-state index in [0.29, 0.717) is 11.2 Å². The van der Waals surface area contributed by atoms with Gasteiger partial charge in [-0.3, -0.25) is 4.57 Å². The van der Waals surface area contributed by atoms with Gasteiger partial charge in [0.15, 0.2) is 11.9 Å². The predicted octanol–water partition coefficient (Wildman–Crippen LogP) is -1.56. The van der Waals surface area contributed by atoms with Gasteiger partial charge in [0.25, 0.3) is 0 Å². The molecular weight excluding hydrogens is 240 g/mol.